The second-order valence-corrected chi connectivity index (χ2v) is 12.2. The Morgan fingerprint density at radius 3 is 2.28 bits per heavy atom. The highest BCUT2D eigenvalue weighted by Gasteiger charge is 2.24. The predicted molar refractivity (Wildman–Crippen MR) is 153 cm³/mol. The Hall–Kier alpha value is -2.32. The quantitative estimate of drug-likeness (QED) is 0.248. The van der Waals surface area contributed by atoms with Crippen molar-refractivity contribution >= 4 is 39.2 Å². The summed E-state index contributed by atoms with van der Waals surface area (Å²) in [6.07, 6.45) is 1.56. The van der Waals surface area contributed by atoms with Crippen LogP contribution in [0.5, 0.6) is 11.5 Å². The molecule has 0 aliphatic carbocycles. The van der Waals surface area contributed by atoms with Gasteiger partial charge in [-0.3, -0.25) is 4.79 Å². The van der Waals surface area contributed by atoms with Gasteiger partial charge >= 0.3 is 5.97 Å². The van der Waals surface area contributed by atoms with E-state index in [0.29, 0.717) is 21.9 Å². The first-order valence-electron chi connectivity index (χ1n) is 12.1. The van der Waals surface area contributed by atoms with Crippen LogP contribution in [-0.4, -0.2) is 35.9 Å². The van der Waals surface area contributed by atoms with E-state index < -0.39 is 5.41 Å². The summed E-state index contributed by atoms with van der Waals surface area (Å²) < 4.78 is 11.4. The maximum absolute atomic E-state index is 12.4. The van der Waals surface area contributed by atoms with Crippen LogP contribution in [0, 0.1) is 5.41 Å². The molecule has 0 aromatic heterocycles. The van der Waals surface area contributed by atoms with Gasteiger partial charge in [0.05, 0.1) is 23.0 Å². The SMILES string of the molecule is COc1cc(CNC(=S)NC(CCc2ccc(C(C)(C)C)cc2)COC(=O)C(C)(C)C)cc(Br)c1O. The lowest BCUT2D eigenvalue weighted by Gasteiger charge is -2.24. The second-order valence-electron chi connectivity index (χ2n) is 11.0. The maximum atomic E-state index is 12.4. The fraction of sp³-hybridized carbons (Fsp3) is 0.500. The molecule has 0 bridgehead atoms. The summed E-state index contributed by atoms with van der Waals surface area (Å²) >= 11 is 8.87. The molecule has 0 amide bonds. The molecule has 1 atom stereocenters. The summed E-state index contributed by atoms with van der Waals surface area (Å²) in [6.45, 7) is 12.8. The smallest absolute Gasteiger partial charge is 0.311 e. The maximum Gasteiger partial charge on any atom is 0.311 e. The van der Waals surface area contributed by atoms with Gasteiger partial charge in [0, 0.05) is 6.54 Å². The first-order chi connectivity index (χ1) is 16.7. The minimum Gasteiger partial charge on any atom is -0.503 e. The van der Waals surface area contributed by atoms with E-state index in [1.807, 2.05) is 20.8 Å². The van der Waals surface area contributed by atoms with Crippen molar-refractivity contribution in [3.05, 3.63) is 57.6 Å². The van der Waals surface area contributed by atoms with Gasteiger partial charge in [0.25, 0.3) is 0 Å². The summed E-state index contributed by atoms with van der Waals surface area (Å²) in [6, 6.07) is 12.1. The highest BCUT2D eigenvalue weighted by molar-refractivity contribution is 9.10. The van der Waals surface area contributed by atoms with Crippen LogP contribution in [0.15, 0.2) is 40.9 Å². The van der Waals surface area contributed by atoms with Gasteiger partial charge < -0.3 is 25.2 Å². The molecule has 3 N–H and O–H groups in total. The number of phenols is 1. The number of hydrogen-bond donors (Lipinski definition) is 3. The van der Waals surface area contributed by atoms with E-state index in [-0.39, 0.29) is 29.8 Å². The zero-order chi connectivity index (χ0) is 27.1. The number of aromatic hydroxyl groups is 1. The molecule has 8 heteroatoms. The van der Waals surface area contributed by atoms with E-state index in [2.05, 4.69) is 71.6 Å². The molecule has 0 saturated heterocycles. The monoisotopic (exact) mass is 578 g/mol. The number of aryl methyl sites for hydroxylation is 1. The molecule has 2 aromatic carbocycles. The Balaban J connectivity index is 2.03. The first kappa shape index (κ1) is 29.9. The topological polar surface area (TPSA) is 79.8 Å². The Labute approximate surface area is 229 Å². The van der Waals surface area contributed by atoms with Gasteiger partial charge in [-0.2, -0.15) is 0 Å². The molecule has 0 spiro atoms. The minimum atomic E-state index is -0.572. The Kier molecular flexibility index (Phi) is 10.6. The molecule has 0 aliphatic rings. The van der Waals surface area contributed by atoms with Crippen LogP contribution in [0.3, 0.4) is 0 Å². The number of methoxy groups -OCH3 is 1. The summed E-state index contributed by atoms with van der Waals surface area (Å²) in [5.41, 5.74) is 2.94. The lowest BCUT2D eigenvalue weighted by molar-refractivity contribution is -0.153. The number of ether oxygens (including phenoxy) is 2. The molecule has 1 unspecified atom stereocenters. The summed E-state index contributed by atoms with van der Waals surface area (Å²) in [7, 11) is 1.50. The number of halogens is 1. The number of rotatable bonds is 9. The van der Waals surface area contributed by atoms with E-state index >= 15 is 0 Å². The molecule has 0 aliphatic heterocycles. The summed E-state index contributed by atoms with van der Waals surface area (Å²) in [4.78, 5) is 12.4. The van der Waals surface area contributed by atoms with Gasteiger partial charge in [0.1, 0.15) is 6.61 Å². The van der Waals surface area contributed by atoms with Gasteiger partial charge in [-0.1, -0.05) is 45.0 Å². The molecule has 0 fully saturated rings. The number of nitrogens with one attached hydrogen (secondary N) is 2. The molecule has 6 nitrogen and oxygen atoms in total. The van der Waals surface area contributed by atoms with Crippen LogP contribution >= 0.6 is 28.1 Å². The van der Waals surface area contributed by atoms with E-state index in [1.54, 1.807) is 12.1 Å². The minimum absolute atomic E-state index is 0.0539. The number of hydrogen-bond acceptors (Lipinski definition) is 5. The molecule has 2 aromatic rings. The van der Waals surface area contributed by atoms with Crippen molar-refractivity contribution in [1.29, 1.82) is 0 Å². The van der Waals surface area contributed by atoms with Crippen molar-refractivity contribution in [3.8, 4) is 11.5 Å². The van der Waals surface area contributed by atoms with Crippen LogP contribution in [0.1, 0.15) is 64.7 Å². The van der Waals surface area contributed by atoms with Crippen LogP contribution in [-0.2, 0) is 27.9 Å². The number of benzene rings is 2. The molecular weight excluding hydrogens is 540 g/mol. The third-order valence-corrected chi connectivity index (χ3v) is 6.59. The van der Waals surface area contributed by atoms with Crippen molar-refractivity contribution < 1.29 is 19.4 Å². The van der Waals surface area contributed by atoms with Gasteiger partial charge in [0.15, 0.2) is 16.6 Å². The lowest BCUT2D eigenvalue weighted by atomic mass is 9.86. The van der Waals surface area contributed by atoms with Gasteiger partial charge in [-0.15, -0.1) is 0 Å². The molecule has 2 rings (SSSR count). The van der Waals surface area contributed by atoms with Crippen molar-refractivity contribution in [1.82, 2.24) is 10.6 Å². The average Bonchev–Trinajstić information content (AvgIpc) is 2.80. The number of carbonyl (C=O) groups excluding carboxylic acids is 1. The van der Waals surface area contributed by atoms with Crippen LogP contribution in [0.4, 0.5) is 0 Å². The fourth-order valence-corrected chi connectivity index (χ4v) is 4.13. The van der Waals surface area contributed by atoms with Crippen LogP contribution < -0.4 is 15.4 Å². The molecular formula is C28H39BrN2O4S. The van der Waals surface area contributed by atoms with E-state index in [4.69, 9.17) is 21.7 Å². The molecule has 36 heavy (non-hydrogen) atoms. The third kappa shape index (κ3) is 9.28. The average molecular weight is 580 g/mol. The Morgan fingerprint density at radius 2 is 1.72 bits per heavy atom. The fourth-order valence-electron chi connectivity index (χ4n) is 3.41. The zero-order valence-corrected chi connectivity index (χ0v) is 24.7. The molecule has 0 radical (unpaired) electrons. The van der Waals surface area contributed by atoms with Crippen molar-refractivity contribution in [2.75, 3.05) is 13.7 Å². The summed E-state index contributed by atoms with van der Waals surface area (Å²) in [5.74, 6) is 0.187. The third-order valence-electron chi connectivity index (χ3n) is 5.73. The van der Waals surface area contributed by atoms with Gasteiger partial charge in [-0.25, -0.2) is 0 Å². The van der Waals surface area contributed by atoms with Crippen molar-refractivity contribution in [2.24, 2.45) is 5.41 Å². The Morgan fingerprint density at radius 1 is 1.08 bits per heavy atom. The van der Waals surface area contributed by atoms with Crippen LogP contribution in [0.25, 0.3) is 0 Å². The number of phenolic OH excluding ortho intramolecular Hbond substituents is 1. The largest absolute Gasteiger partial charge is 0.503 e. The highest BCUT2D eigenvalue weighted by Crippen LogP contribution is 2.35. The van der Waals surface area contributed by atoms with E-state index in [1.165, 1.54) is 18.2 Å². The van der Waals surface area contributed by atoms with Crippen molar-refractivity contribution in [2.45, 2.75) is 72.4 Å². The zero-order valence-electron chi connectivity index (χ0n) is 22.3. The van der Waals surface area contributed by atoms with Crippen LogP contribution in [0.2, 0.25) is 0 Å². The first-order valence-corrected chi connectivity index (χ1v) is 13.3. The molecule has 0 heterocycles. The summed E-state index contributed by atoms with van der Waals surface area (Å²) in [5, 5.41) is 17.0. The number of thiocarbonyl (C=S) groups is 1. The molecule has 0 saturated carbocycles. The van der Waals surface area contributed by atoms with Gasteiger partial charge in [-0.05, 0) is 96.0 Å². The van der Waals surface area contributed by atoms with E-state index in [9.17, 15) is 9.90 Å². The normalized spacial score (nSPS) is 12.6. The Bertz CT molecular complexity index is 1040. The second kappa shape index (κ2) is 12.8. The lowest BCUT2D eigenvalue weighted by Crippen LogP contribution is -2.45. The van der Waals surface area contributed by atoms with Crippen molar-refractivity contribution in [3.63, 3.8) is 0 Å². The predicted octanol–water partition coefficient (Wildman–Crippen LogP) is 6.02. The van der Waals surface area contributed by atoms with E-state index in [0.717, 1.165) is 18.4 Å². The van der Waals surface area contributed by atoms with Gasteiger partial charge in [0.2, 0.25) is 0 Å². The number of esters is 1. The number of carbonyl (C=O) groups is 1. The highest BCUT2D eigenvalue weighted by atomic mass is 79.9. The standard InChI is InChI=1S/C28H39BrN2O4S/c1-27(2,3)20-11-8-18(9-12-20)10-13-21(17-35-25(33)28(4,5)6)31-26(36)30-16-19-14-22(29)24(32)23(15-19)34-7/h8-9,11-12,14-15,21,32H,10,13,16-17H2,1-7H3,(H2,30,31,36). The molecule has 198 valence electrons.